The van der Waals surface area contributed by atoms with Gasteiger partial charge in [-0.25, -0.2) is 4.79 Å². The van der Waals surface area contributed by atoms with Gasteiger partial charge >= 0.3 is 5.97 Å². The number of nitrogens with one attached hydrogen (secondary N) is 1. The van der Waals surface area contributed by atoms with Crippen LogP contribution in [0.15, 0.2) is 36.4 Å². The van der Waals surface area contributed by atoms with Gasteiger partial charge in [-0.3, -0.25) is 0 Å². The summed E-state index contributed by atoms with van der Waals surface area (Å²) in [6.07, 6.45) is 6.17. The van der Waals surface area contributed by atoms with Gasteiger partial charge in [-0.05, 0) is 43.0 Å². The molecule has 1 aliphatic carbocycles. The normalized spacial score (nSPS) is 14.8. The molecule has 26 heavy (non-hydrogen) atoms. The smallest absolute Gasteiger partial charge is 0.337 e. The Balaban J connectivity index is 1.80. The van der Waals surface area contributed by atoms with Crippen LogP contribution in [0.4, 0.5) is 11.4 Å². The second kappa shape index (κ2) is 8.65. The monoisotopic (exact) mass is 393 g/mol. The van der Waals surface area contributed by atoms with Crippen LogP contribution in [-0.4, -0.2) is 17.7 Å². The lowest BCUT2D eigenvalue weighted by atomic mass is 9.90. The average molecular weight is 394 g/mol. The number of para-hydroxylation sites is 1. The summed E-state index contributed by atoms with van der Waals surface area (Å²) in [6, 6.07) is 10.1. The molecule has 0 aromatic heterocycles. The van der Waals surface area contributed by atoms with E-state index in [0.717, 1.165) is 0 Å². The number of carbonyl (C=O) groups is 1. The number of aromatic carboxylic acids is 1. The minimum absolute atomic E-state index is 0.146. The highest BCUT2D eigenvalue weighted by molar-refractivity contribution is 6.40. The molecule has 3 rings (SSSR count). The summed E-state index contributed by atoms with van der Waals surface area (Å²) in [4.78, 5) is 11.4. The molecular weight excluding hydrogens is 373 g/mol. The van der Waals surface area contributed by atoms with Crippen molar-refractivity contribution in [1.29, 1.82) is 0 Å². The summed E-state index contributed by atoms with van der Waals surface area (Å²) < 4.78 is 5.94. The molecule has 1 saturated carbocycles. The first-order valence-electron chi connectivity index (χ1n) is 8.76. The summed E-state index contributed by atoms with van der Waals surface area (Å²) >= 11 is 12.8. The molecule has 2 aromatic carbocycles. The van der Waals surface area contributed by atoms with Gasteiger partial charge in [-0.2, -0.15) is 0 Å². The molecule has 0 amide bonds. The molecule has 6 heteroatoms. The van der Waals surface area contributed by atoms with Gasteiger partial charge in [0.15, 0.2) is 0 Å². The van der Waals surface area contributed by atoms with E-state index in [1.54, 1.807) is 30.3 Å². The summed E-state index contributed by atoms with van der Waals surface area (Å²) in [7, 11) is 0. The Morgan fingerprint density at radius 1 is 1.12 bits per heavy atom. The highest BCUT2D eigenvalue weighted by Crippen LogP contribution is 2.40. The third-order valence-electron chi connectivity index (χ3n) is 4.67. The van der Waals surface area contributed by atoms with Crippen LogP contribution in [0.3, 0.4) is 0 Å². The number of benzene rings is 2. The minimum Gasteiger partial charge on any atom is -0.492 e. The Kier molecular flexibility index (Phi) is 6.28. The highest BCUT2D eigenvalue weighted by atomic mass is 35.5. The zero-order chi connectivity index (χ0) is 18.5. The fourth-order valence-electron chi connectivity index (χ4n) is 3.23. The van der Waals surface area contributed by atoms with E-state index in [-0.39, 0.29) is 5.56 Å². The van der Waals surface area contributed by atoms with E-state index in [9.17, 15) is 9.90 Å². The van der Waals surface area contributed by atoms with Crippen molar-refractivity contribution in [3.05, 3.63) is 52.0 Å². The molecule has 0 bridgehead atoms. The van der Waals surface area contributed by atoms with Crippen LogP contribution in [0.25, 0.3) is 0 Å². The molecule has 0 atom stereocenters. The molecule has 1 fully saturated rings. The maximum Gasteiger partial charge on any atom is 0.337 e. The second-order valence-electron chi connectivity index (χ2n) is 6.53. The number of halogens is 2. The lowest BCUT2D eigenvalue weighted by Gasteiger charge is -2.22. The Bertz CT molecular complexity index is 789. The van der Waals surface area contributed by atoms with E-state index in [1.165, 1.54) is 38.2 Å². The quantitative estimate of drug-likeness (QED) is 0.596. The van der Waals surface area contributed by atoms with Crippen molar-refractivity contribution in [3.63, 3.8) is 0 Å². The predicted molar refractivity (Wildman–Crippen MR) is 105 cm³/mol. The Labute approximate surface area is 163 Å². The fraction of sp³-hybridized carbons (Fsp3) is 0.350. The van der Waals surface area contributed by atoms with Gasteiger partial charge in [-0.15, -0.1) is 0 Å². The largest absolute Gasteiger partial charge is 0.492 e. The molecule has 0 heterocycles. The lowest BCUT2D eigenvalue weighted by molar-refractivity contribution is 0.0698. The first kappa shape index (κ1) is 18.9. The number of hydrogen-bond donors (Lipinski definition) is 2. The summed E-state index contributed by atoms with van der Waals surface area (Å²) in [5.41, 5.74) is 1.02. The summed E-state index contributed by atoms with van der Waals surface area (Å²) in [6.45, 7) is 0.631. The van der Waals surface area contributed by atoms with Crippen molar-refractivity contribution in [1.82, 2.24) is 0 Å². The van der Waals surface area contributed by atoms with Crippen LogP contribution < -0.4 is 10.1 Å². The van der Waals surface area contributed by atoms with Crippen LogP contribution in [0.2, 0.25) is 10.0 Å². The van der Waals surface area contributed by atoms with E-state index >= 15 is 0 Å². The van der Waals surface area contributed by atoms with Crippen molar-refractivity contribution in [2.75, 3.05) is 11.9 Å². The van der Waals surface area contributed by atoms with Crippen LogP contribution >= 0.6 is 23.2 Å². The molecular formula is C20H21Cl2NO3. The number of hydrogen-bond acceptors (Lipinski definition) is 3. The van der Waals surface area contributed by atoms with Crippen LogP contribution in [0, 0.1) is 5.92 Å². The van der Waals surface area contributed by atoms with Gasteiger partial charge in [0.1, 0.15) is 10.8 Å². The lowest BCUT2D eigenvalue weighted by Crippen LogP contribution is -2.15. The molecule has 0 spiro atoms. The minimum atomic E-state index is -1.02. The van der Waals surface area contributed by atoms with Crippen LogP contribution in [0.1, 0.15) is 42.5 Å². The summed E-state index contributed by atoms with van der Waals surface area (Å²) in [5, 5.41) is 13.1. The number of ether oxygens (including phenoxy) is 1. The van der Waals surface area contributed by atoms with Gasteiger partial charge in [0.05, 0.1) is 28.6 Å². The molecule has 138 valence electrons. The van der Waals surface area contributed by atoms with Crippen LogP contribution in [-0.2, 0) is 0 Å². The SMILES string of the molecule is O=C(O)c1ccccc1Nc1c(Cl)ccc(OCC2CCCCC2)c1Cl. The van der Waals surface area contributed by atoms with E-state index in [4.69, 9.17) is 27.9 Å². The Hall–Kier alpha value is -1.91. The Morgan fingerprint density at radius 3 is 2.58 bits per heavy atom. The van der Waals surface area contributed by atoms with E-state index in [2.05, 4.69) is 5.32 Å². The zero-order valence-electron chi connectivity index (χ0n) is 14.3. The maximum atomic E-state index is 11.4. The van der Waals surface area contributed by atoms with Crippen molar-refractivity contribution in [3.8, 4) is 5.75 Å². The molecule has 0 radical (unpaired) electrons. The van der Waals surface area contributed by atoms with E-state index in [0.29, 0.717) is 39.7 Å². The van der Waals surface area contributed by atoms with Crippen molar-refractivity contribution < 1.29 is 14.6 Å². The topological polar surface area (TPSA) is 58.6 Å². The Morgan fingerprint density at radius 2 is 1.85 bits per heavy atom. The first-order valence-corrected chi connectivity index (χ1v) is 9.52. The number of anilines is 2. The zero-order valence-corrected chi connectivity index (χ0v) is 15.8. The van der Waals surface area contributed by atoms with Gasteiger partial charge in [0.2, 0.25) is 0 Å². The van der Waals surface area contributed by atoms with Gasteiger partial charge in [0, 0.05) is 0 Å². The maximum absolute atomic E-state index is 11.4. The molecule has 0 aliphatic heterocycles. The number of carboxylic acids is 1. The number of rotatable bonds is 6. The van der Waals surface area contributed by atoms with Crippen LogP contribution in [0.5, 0.6) is 5.75 Å². The molecule has 0 saturated heterocycles. The molecule has 0 unspecified atom stereocenters. The highest BCUT2D eigenvalue weighted by Gasteiger charge is 2.18. The first-order chi connectivity index (χ1) is 12.6. The van der Waals surface area contributed by atoms with Crippen molar-refractivity contribution in [2.45, 2.75) is 32.1 Å². The molecule has 2 aromatic rings. The average Bonchev–Trinajstić information content (AvgIpc) is 2.65. The van der Waals surface area contributed by atoms with Gasteiger partial charge < -0.3 is 15.2 Å². The third kappa shape index (κ3) is 4.43. The van der Waals surface area contributed by atoms with Gasteiger partial charge in [0.25, 0.3) is 0 Å². The van der Waals surface area contributed by atoms with E-state index in [1.807, 2.05) is 0 Å². The summed E-state index contributed by atoms with van der Waals surface area (Å²) in [5.74, 6) is 0.0848. The fourth-order valence-corrected chi connectivity index (χ4v) is 3.75. The van der Waals surface area contributed by atoms with Crippen molar-refractivity contribution in [2.24, 2.45) is 5.92 Å². The molecule has 1 aliphatic rings. The molecule has 4 nitrogen and oxygen atoms in total. The standard InChI is InChI=1S/C20H21Cl2NO3/c21-15-10-11-17(26-12-13-6-2-1-3-7-13)18(22)19(15)23-16-9-5-4-8-14(16)20(24)25/h4-5,8-11,13,23H,1-3,6-7,12H2,(H,24,25). The van der Waals surface area contributed by atoms with E-state index < -0.39 is 5.97 Å². The second-order valence-corrected chi connectivity index (χ2v) is 7.31. The molecule has 2 N–H and O–H groups in total. The van der Waals surface area contributed by atoms with Crippen molar-refractivity contribution >= 4 is 40.5 Å². The predicted octanol–water partition coefficient (Wildman–Crippen LogP) is 6.39. The third-order valence-corrected chi connectivity index (χ3v) is 5.36. The van der Waals surface area contributed by atoms with Gasteiger partial charge in [-0.1, -0.05) is 54.6 Å². The number of carboxylic acid groups (broad SMARTS) is 1.